The van der Waals surface area contributed by atoms with Gasteiger partial charge in [0.25, 0.3) is 0 Å². The van der Waals surface area contributed by atoms with Crippen molar-refractivity contribution in [3.63, 3.8) is 0 Å². The summed E-state index contributed by atoms with van der Waals surface area (Å²) in [4.78, 5) is 0. The van der Waals surface area contributed by atoms with Gasteiger partial charge in [0.15, 0.2) is 5.82 Å². The van der Waals surface area contributed by atoms with Gasteiger partial charge in [-0.25, -0.2) is 4.39 Å². The third kappa shape index (κ3) is 4.23. The first-order chi connectivity index (χ1) is 15.0. The molecule has 4 rings (SSSR count). The van der Waals surface area contributed by atoms with Crippen LogP contribution in [-0.2, 0) is 11.0 Å². The van der Waals surface area contributed by atoms with Gasteiger partial charge in [0.1, 0.15) is 11.6 Å². The topological polar surface area (TPSA) is 52.0 Å². The van der Waals surface area contributed by atoms with Crippen LogP contribution in [0.1, 0.15) is 29.6 Å². The fourth-order valence-corrected chi connectivity index (χ4v) is 4.67. The number of nitrogens with zero attached hydrogens (tertiary/aromatic N) is 3. The summed E-state index contributed by atoms with van der Waals surface area (Å²) in [6.07, 6.45) is 0. The Bertz CT molecular complexity index is 1220. The lowest BCUT2D eigenvalue weighted by Gasteiger charge is -2.12. The molecule has 0 aliphatic rings. The molecule has 0 aliphatic carbocycles. The van der Waals surface area contributed by atoms with E-state index in [1.165, 1.54) is 17.8 Å². The molecule has 160 valence electrons. The van der Waals surface area contributed by atoms with Gasteiger partial charge in [-0.05, 0) is 62.7 Å². The van der Waals surface area contributed by atoms with E-state index in [-0.39, 0.29) is 5.82 Å². The number of hydrogen-bond acceptors (Lipinski definition) is 4. The first-order valence-corrected chi connectivity index (χ1v) is 11.7. The number of aryl methyl sites for hydroxylation is 2. The first-order valence-electron chi connectivity index (χ1n) is 10.2. The van der Waals surface area contributed by atoms with E-state index in [1.54, 1.807) is 6.07 Å². The number of hydrogen-bond donors (Lipinski definition) is 1. The fraction of sp³-hybridized carbons (Fsp3) is 0.250. The summed E-state index contributed by atoms with van der Waals surface area (Å²) >= 11 is 2.39. The van der Waals surface area contributed by atoms with E-state index in [2.05, 4.69) is 61.7 Å². The average Bonchev–Trinajstić information content (AvgIpc) is 3.07. The van der Waals surface area contributed by atoms with Gasteiger partial charge in [0, 0.05) is 38.8 Å². The third-order valence-corrected chi connectivity index (χ3v) is 6.01. The van der Waals surface area contributed by atoms with E-state index in [4.69, 9.17) is 4.74 Å². The summed E-state index contributed by atoms with van der Waals surface area (Å²) < 4.78 is 22.2. The van der Waals surface area contributed by atoms with Crippen molar-refractivity contribution in [2.45, 2.75) is 31.7 Å². The second kappa shape index (κ2) is 9.21. The van der Waals surface area contributed by atoms with Crippen LogP contribution in [0.25, 0.3) is 16.5 Å². The molecular formula is C24H24FIN4O. The monoisotopic (exact) mass is 530 g/mol. The maximum Gasteiger partial charge on any atom is 0.158 e. The van der Waals surface area contributed by atoms with Gasteiger partial charge in [0.2, 0.25) is 0 Å². The van der Waals surface area contributed by atoms with Crippen molar-refractivity contribution in [1.29, 1.82) is 0 Å². The molecule has 2 aromatic carbocycles. The van der Waals surface area contributed by atoms with Gasteiger partial charge in [-0.15, -0.1) is 5.10 Å². The lowest BCUT2D eigenvalue weighted by molar-refractivity contribution is 0.340. The van der Waals surface area contributed by atoms with Gasteiger partial charge >= 0.3 is 0 Å². The van der Waals surface area contributed by atoms with Gasteiger partial charge in [0.05, 0.1) is 12.3 Å². The van der Waals surface area contributed by atoms with E-state index in [0.29, 0.717) is 19.0 Å². The summed E-state index contributed by atoms with van der Waals surface area (Å²) in [6, 6.07) is 14.7. The Kier molecular flexibility index (Phi) is 6.41. The van der Waals surface area contributed by atoms with Crippen molar-refractivity contribution in [3.8, 4) is 11.4 Å². The molecule has 0 radical (unpaired) electrons. The molecule has 0 fully saturated rings. The fourth-order valence-electron chi connectivity index (χ4n) is 3.95. The second-order valence-electron chi connectivity index (χ2n) is 7.30. The minimum Gasteiger partial charge on any atom is -0.494 e. The zero-order valence-electron chi connectivity index (χ0n) is 17.7. The smallest absolute Gasteiger partial charge is 0.158 e. The Balaban J connectivity index is 1.80. The maximum atomic E-state index is 13.6. The van der Waals surface area contributed by atoms with Crippen LogP contribution in [0.3, 0.4) is 0 Å². The Morgan fingerprint density at radius 3 is 2.52 bits per heavy atom. The summed E-state index contributed by atoms with van der Waals surface area (Å²) in [5.41, 5.74) is 5.09. The highest BCUT2D eigenvalue weighted by atomic mass is 127. The average molecular weight is 530 g/mol. The molecule has 0 aliphatic heterocycles. The number of halogens is 2. The molecule has 1 N–H and O–H groups in total. The Morgan fingerprint density at radius 2 is 1.84 bits per heavy atom. The van der Waals surface area contributed by atoms with E-state index >= 15 is 0 Å². The number of fused-ring (bicyclic) bond motifs is 1. The minimum atomic E-state index is -0.246. The number of nitrogens with one attached hydrogen (secondary N) is 1. The zero-order chi connectivity index (χ0) is 22.0. The molecule has 2 heterocycles. The van der Waals surface area contributed by atoms with Crippen LogP contribution in [0, 0.1) is 19.7 Å². The predicted octanol–water partition coefficient (Wildman–Crippen LogP) is 6.12. The largest absolute Gasteiger partial charge is 0.494 e. The number of aromatic nitrogens is 3. The van der Waals surface area contributed by atoms with Gasteiger partial charge in [-0.3, -0.25) is 0 Å². The van der Waals surface area contributed by atoms with Crippen LogP contribution < -0.4 is 10.1 Å². The Labute approximate surface area is 194 Å². The minimum absolute atomic E-state index is 0.246. The molecule has 0 bridgehead atoms. The van der Waals surface area contributed by atoms with Gasteiger partial charge < -0.3 is 14.6 Å². The van der Waals surface area contributed by atoms with Crippen LogP contribution in [-0.4, -0.2) is 21.4 Å². The molecular weight excluding hydrogens is 506 g/mol. The highest BCUT2D eigenvalue weighted by Crippen LogP contribution is 2.36. The third-order valence-electron chi connectivity index (χ3n) is 5.29. The normalized spacial score (nSPS) is 11.1. The molecule has 7 heteroatoms. The first kappa shape index (κ1) is 21.5. The molecule has 5 nitrogen and oxygen atoms in total. The lowest BCUT2D eigenvalue weighted by Crippen LogP contribution is -2.04. The number of rotatable bonds is 7. The van der Waals surface area contributed by atoms with Crippen LogP contribution in [0.15, 0.2) is 48.5 Å². The molecule has 0 spiro atoms. The van der Waals surface area contributed by atoms with E-state index in [0.717, 1.165) is 43.6 Å². The number of anilines is 1. The molecule has 0 atom stereocenters. The standard InChI is InChI=1S/C24H24FIN4O/c1-4-31-20-10-8-19(9-11-20)30-16(3)23-22(21(30)13-26)15(2)28-29-24(23)27-14-17-6-5-7-18(25)12-17/h5-12H,4,13-14H2,1-3H3,(H,27,29). The van der Waals surface area contributed by atoms with E-state index in [1.807, 2.05) is 32.0 Å². The van der Waals surface area contributed by atoms with Crippen molar-refractivity contribution in [2.24, 2.45) is 0 Å². The molecule has 0 unspecified atom stereocenters. The molecule has 2 aromatic heterocycles. The molecule has 31 heavy (non-hydrogen) atoms. The van der Waals surface area contributed by atoms with E-state index < -0.39 is 0 Å². The van der Waals surface area contributed by atoms with Crippen LogP contribution >= 0.6 is 22.6 Å². The SMILES string of the molecule is CCOc1ccc(-n2c(C)c3c(NCc4cccc(F)c4)nnc(C)c3c2CI)cc1. The van der Waals surface area contributed by atoms with Crippen molar-refractivity contribution in [3.05, 3.63) is 77.0 Å². The summed E-state index contributed by atoms with van der Waals surface area (Å²) in [6.45, 7) is 7.18. The zero-order valence-corrected chi connectivity index (χ0v) is 19.9. The summed E-state index contributed by atoms with van der Waals surface area (Å²) in [5, 5.41) is 14.4. The Hall–Kier alpha value is -2.68. The van der Waals surface area contributed by atoms with Crippen molar-refractivity contribution in [2.75, 3.05) is 11.9 Å². The maximum absolute atomic E-state index is 13.6. The number of benzene rings is 2. The highest BCUT2D eigenvalue weighted by Gasteiger charge is 2.21. The molecule has 0 saturated carbocycles. The number of ether oxygens (including phenoxy) is 1. The summed E-state index contributed by atoms with van der Waals surface area (Å²) in [5.74, 6) is 1.32. The van der Waals surface area contributed by atoms with Gasteiger partial charge in [-0.1, -0.05) is 34.7 Å². The molecule has 0 saturated heterocycles. The molecule has 0 amide bonds. The number of alkyl halides is 1. The Morgan fingerprint density at radius 1 is 1.06 bits per heavy atom. The highest BCUT2D eigenvalue weighted by molar-refractivity contribution is 14.1. The van der Waals surface area contributed by atoms with Crippen molar-refractivity contribution >= 4 is 39.2 Å². The van der Waals surface area contributed by atoms with Crippen molar-refractivity contribution < 1.29 is 9.13 Å². The van der Waals surface area contributed by atoms with Crippen LogP contribution in [0.2, 0.25) is 0 Å². The van der Waals surface area contributed by atoms with E-state index in [9.17, 15) is 4.39 Å². The summed E-state index contributed by atoms with van der Waals surface area (Å²) in [7, 11) is 0. The predicted molar refractivity (Wildman–Crippen MR) is 131 cm³/mol. The van der Waals surface area contributed by atoms with Crippen LogP contribution in [0.5, 0.6) is 5.75 Å². The van der Waals surface area contributed by atoms with Gasteiger partial charge in [-0.2, -0.15) is 5.10 Å². The second-order valence-corrected chi connectivity index (χ2v) is 8.06. The van der Waals surface area contributed by atoms with Crippen LogP contribution in [0.4, 0.5) is 10.2 Å². The van der Waals surface area contributed by atoms with Crippen molar-refractivity contribution in [1.82, 2.24) is 14.8 Å². The lowest BCUT2D eigenvalue weighted by atomic mass is 10.1. The molecule has 4 aromatic rings. The quantitative estimate of drug-likeness (QED) is 0.231.